The molecule has 0 saturated carbocycles. The van der Waals surface area contributed by atoms with Crippen LogP contribution in [-0.2, 0) is 0 Å². The predicted octanol–water partition coefficient (Wildman–Crippen LogP) is 4.17. The summed E-state index contributed by atoms with van der Waals surface area (Å²) < 4.78 is 0. The van der Waals surface area contributed by atoms with Crippen molar-refractivity contribution in [3.05, 3.63) is 48.6 Å². The molecule has 0 bridgehead atoms. The lowest BCUT2D eigenvalue weighted by Crippen LogP contribution is -2.06. The molecule has 0 fully saturated rings. The first-order valence-electron chi connectivity index (χ1n) is 5.76. The Hall–Kier alpha value is -1.08. The molecule has 0 spiro atoms. The van der Waals surface area contributed by atoms with Crippen LogP contribution in [0.1, 0.15) is 39.5 Å². The van der Waals surface area contributed by atoms with Gasteiger partial charge in [-0.3, -0.25) is 0 Å². The molecule has 90 valence electrons. The molecule has 0 aromatic carbocycles. The second-order valence-corrected chi connectivity index (χ2v) is 4.35. The van der Waals surface area contributed by atoms with Crippen LogP contribution in [0.25, 0.3) is 0 Å². The van der Waals surface area contributed by atoms with Gasteiger partial charge in [0.05, 0.1) is 6.10 Å². The van der Waals surface area contributed by atoms with E-state index in [-0.39, 0.29) is 6.10 Å². The first-order valence-corrected chi connectivity index (χ1v) is 5.76. The largest absolute Gasteiger partial charge is 0.389 e. The van der Waals surface area contributed by atoms with E-state index in [1.165, 1.54) is 5.57 Å². The van der Waals surface area contributed by atoms with E-state index in [2.05, 4.69) is 32.7 Å². The Morgan fingerprint density at radius 1 is 1.25 bits per heavy atom. The van der Waals surface area contributed by atoms with Gasteiger partial charge in [0.2, 0.25) is 0 Å². The predicted molar refractivity (Wildman–Crippen MR) is 72.4 cm³/mol. The van der Waals surface area contributed by atoms with Gasteiger partial charge in [-0.25, -0.2) is 0 Å². The molecule has 1 heteroatoms. The fraction of sp³-hybridized carbons (Fsp3) is 0.467. The number of hydrogen-bond acceptors (Lipinski definition) is 1. The second kappa shape index (κ2) is 8.12. The minimum absolute atomic E-state index is 0.369. The summed E-state index contributed by atoms with van der Waals surface area (Å²) in [5.74, 6) is 0. The lowest BCUT2D eigenvalue weighted by Gasteiger charge is -2.09. The van der Waals surface area contributed by atoms with Crippen molar-refractivity contribution in [1.82, 2.24) is 0 Å². The van der Waals surface area contributed by atoms with E-state index in [0.29, 0.717) is 0 Å². The molecule has 0 radical (unpaired) electrons. The van der Waals surface area contributed by atoms with Gasteiger partial charge in [-0.1, -0.05) is 48.6 Å². The van der Waals surface area contributed by atoms with Crippen molar-refractivity contribution >= 4 is 0 Å². The minimum Gasteiger partial charge on any atom is -0.389 e. The van der Waals surface area contributed by atoms with Crippen LogP contribution in [0.15, 0.2) is 48.6 Å². The van der Waals surface area contributed by atoms with Crippen LogP contribution in [0.3, 0.4) is 0 Å². The van der Waals surface area contributed by atoms with Gasteiger partial charge >= 0.3 is 0 Å². The highest BCUT2D eigenvalue weighted by Gasteiger charge is 2.03. The monoisotopic (exact) mass is 220 g/mol. The summed E-state index contributed by atoms with van der Waals surface area (Å²) in [6, 6.07) is 0. The third-order valence-electron chi connectivity index (χ3n) is 2.63. The Labute approximate surface area is 99.9 Å². The van der Waals surface area contributed by atoms with E-state index in [1.54, 1.807) is 6.08 Å². The van der Waals surface area contributed by atoms with Gasteiger partial charge in [-0.15, -0.1) is 0 Å². The van der Waals surface area contributed by atoms with Gasteiger partial charge in [0.25, 0.3) is 0 Å². The Balaban J connectivity index is 3.83. The number of aliphatic hydroxyl groups is 1. The normalized spacial score (nSPS) is 13.3. The van der Waals surface area contributed by atoms with Gasteiger partial charge < -0.3 is 5.11 Å². The Morgan fingerprint density at radius 2 is 1.88 bits per heavy atom. The summed E-state index contributed by atoms with van der Waals surface area (Å²) >= 11 is 0. The number of aliphatic hydroxyl groups excluding tert-OH is 1. The maximum absolute atomic E-state index is 9.57. The number of rotatable bonds is 8. The highest BCUT2D eigenvalue weighted by molar-refractivity contribution is 5.12. The van der Waals surface area contributed by atoms with Crippen LogP contribution in [-0.4, -0.2) is 11.2 Å². The Morgan fingerprint density at radius 3 is 2.38 bits per heavy atom. The highest BCUT2D eigenvalue weighted by atomic mass is 16.3. The average molecular weight is 220 g/mol. The third kappa shape index (κ3) is 7.24. The minimum atomic E-state index is -0.369. The van der Waals surface area contributed by atoms with E-state index in [4.69, 9.17) is 0 Å². The molecule has 1 unspecified atom stereocenters. The van der Waals surface area contributed by atoms with Crippen molar-refractivity contribution < 1.29 is 5.11 Å². The van der Waals surface area contributed by atoms with Crippen LogP contribution in [0, 0.1) is 0 Å². The van der Waals surface area contributed by atoms with Crippen molar-refractivity contribution in [1.29, 1.82) is 0 Å². The van der Waals surface area contributed by atoms with Crippen molar-refractivity contribution in [2.24, 2.45) is 0 Å². The van der Waals surface area contributed by atoms with Crippen molar-refractivity contribution in [2.75, 3.05) is 0 Å². The van der Waals surface area contributed by atoms with E-state index < -0.39 is 0 Å². The second-order valence-electron chi connectivity index (χ2n) is 4.35. The fourth-order valence-corrected chi connectivity index (χ4v) is 1.32. The van der Waals surface area contributed by atoms with E-state index in [9.17, 15) is 5.11 Å². The van der Waals surface area contributed by atoms with Crippen molar-refractivity contribution in [3.63, 3.8) is 0 Å². The molecule has 16 heavy (non-hydrogen) atoms. The van der Waals surface area contributed by atoms with Gasteiger partial charge in [-0.05, 0) is 39.5 Å². The smallest absolute Gasteiger partial charge is 0.0747 e. The van der Waals surface area contributed by atoms with Crippen molar-refractivity contribution in [2.45, 2.75) is 45.6 Å². The van der Waals surface area contributed by atoms with Crippen LogP contribution >= 0.6 is 0 Å². The fourth-order valence-electron chi connectivity index (χ4n) is 1.32. The molecule has 1 N–H and O–H groups in total. The van der Waals surface area contributed by atoms with Crippen molar-refractivity contribution in [3.8, 4) is 0 Å². The van der Waals surface area contributed by atoms with Gasteiger partial charge in [0, 0.05) is 0 Å². The number of hydrogen-bond donors (Lipinski definition) is 1. The zero-order valence-corrected chi connectivity index (χ0v) is 10.6. The van der Waals surface area contributed by atoms with Crippen LogP contribution in [0.5, 0.6) is 0 Å². The van der Waals surface area contributed by atoms with Gasteiger partial charge in [0.15, 0.2) is 0 Å². The molecule has 0 aromatic heterocycles. The molecule has 0 aliphatic heterocycles. The molecule has 1 nitrogen and oxygen atoms in total. The molecular weight excluding hydrogens is 196 g/mol. The third-order valence-corrected chi connectivity index (χ3v) is 2.63. The van der Waals surface area contributed by atoms with E-state index in [1.807, 2.05) is 6.92 Å². The van der Waals surface area contributed by atoms with Crippen LogP contribution in [0.4, 0.5) is 0 Å². The quantitative estimate of drug-likeness (QED) is 0.481. The lowest BCUT2D eigenvalue weighted by molar-refractivity contribution is 0.201. The summed E-state index contributed by atoms with van der Waals surface area (Å²) in [5.41, 5.74) is 3.23. The van der Waals surface area contributed by atoms with Gasteiger partial charge in [-0.2, -0.15) is 0 Å². The maximum atomic E-state index is 9.57. The maximum Gasteiger partial charge on any atom is 0.0747 e. The molecule has 0 rings (SSSR count). The molecule has 0 saturated heterocycles. The summed E-state index contributed by atoms with van der Waals surface area (Å²) in [7, 11) is 0. The zero-order valence-electron chi connectivity index (χ0n) is 10.6. The average Bonchev–Trinajstić information content (AvgIpc) is 2.25. The molecule has 1 atom stereocenters. The highest BCUT2D eigenvalue weighted by Crippen LogP contribution is 2.13. The zero-order chi connectivity index (χ0) is 12.6. The first-order chi connectivity index (χ1) is 7.47. The molecule has 0 aliphatic carbocycles. The summed E-state index contributed by atoms with van der Waals surface area (Å²) in [5, 5.41) is 9.57. The van der Waals surface area contributed by atoms with Crippen LogP contribution < -0.4 is 0 Å². The van der Waals surface area contributed by atoms with Crippen LogP contribution in [0.2, 0.25) is 0 Å². The summed E-state index contributed by atoms with van der Waals surface area (Å²) in [6.07, 6.45) is 7.29. The lowest BCUT2D eigenvalue weighted by atomic mass is 10.0. The molecule has 0 aliphatic rings. The molecular formula is C15H24O. The molecule has 0 amide bonds. The van der Waals surface area contributed by atoms with Gasteiger partial charge in [0.1, 0.15) is 0 Å². The Kier molecular flexibility index (Phi) is 7.57. The SMILES string of the molecule is C=CC(=C)CC/C=C(\C)CCC(O)C(=C)C. The summed E-state index contributed by atoms with van der Waals surface area (Å²) in [4.78, 5) is 0. The summed E-state index contributed by atoms with van der Waals surface area (Å²) in [6.45, 7) is 15.2. The van der Waals surface area contributed by atoms with E-state index >= 15 is 0 Å². The molecule has 0 heterocycles. The first kappa shape index (κ1) is 14.9. The van der Waals surface area contributed by atoms with E-state index in [0.717, 1.165) is 36.8 Å². The standard InChI is InChI=1S/C15H24O/c1-6-13(4)8-7-9-14(5)10-11-15(16)12(2)3/h6,9,15-16H,1-2,4,7-8,10-11H2,3,5H3/b14-9+. The topological polar surface area (TPSA) is 20.2 Å². The number of allylic oxidation sites excluding steroid dienone is 4. The molecule has 0 aromatic rings. The Bertz CT molecular complexity index is 284.